The minimum Gasteiger partial charge on any atom is -0.494 e. The Kier molecular flexibility index (Phi) is 4.83. The molecule has 0 saturated heterocycles. The van der Waals surface area contributed by atoms with Gasteiger partial charge in [0.15, 0.2) is 0 Å². The van der Waals surface area contributed by atoms with E-state index in [4.69, 9.17) is 4.74 Å². The summed E-state index contributed by atoms with van der Waals surface area (Å²) >= 11 is 0. The molecule has 1 aliphatic carbocycles. The molecule has 1 fully saturated rings. The maximum absolute atomic E-state index is 11.7. The lowest BCUT2D eigenvalue weighted by molar-refractivity contribution is -0.167. The van der Waals surface area contributed by atoms with Gasteiger partial charge in [-0.1, -0.05) is 31.0 Å². The van der Waals surface area contributed by atoms with Crippen LogP contribution in [0.2, 0.25) is 0 Å². The standard InChI is InChI=1S/C16H20O5/c17-14(18)13-8-4-5-9-16(13,15(19)20)10-11-21-12-6-2-1-3-7-12/h1-3,6-7,13H,4-5,8-11H2,(H,17,18)(H,19,20). The van der Waals surface area contributed by atoms with Gasteiger partial charge in [-0.15, -0.1) is 0 Å². The van der Waals surface area contributed by atoms with Crippen molar-refractivity contribution < 1.29 is 24.5 Å². The summed E-state index contributed by atoms with van der Waals surface area (Å²) in [5.41, 5.74) is -1.21. The lowest BCUT2D eigenvalue weighted by Crippen LogP contribution is -2.45. The Morgan fingerprint density at radius 2 is 1.90 bits per heavy atom. The van der Waals surface area contributed by atoms with E-state index in [-0.39, 0.29) is 13.0 Å². The fourth-order valence-corrected chi connectivity index (χ4v) is 3.13. The van der Waals surface area contributed by atoms with Gasteiger partial charge in [-0.3, -0.25) is 9.59 Å². The van der Waals surface area contributed by atoms with Crippen molar-refractivity contribution in [3.63, 3.8) is 0 Å². The van der Waals surface area contributed by atoms with Crippen LogP contribution in [-0.2, 0) is 9.59 Å². The molecule has 2 atom stereocenters. The largest absolute Gasteiger partial charge is 0.494 e. The van der Waals surface area contributed by atoms with Crippen LogP contribution in [0.1, 0.15) is 32.1 Å². The van der Waals surface area contributed by atoms with Crippen molar-refractivity contribution in [2.45, 2.75) is 32.1 Å². The Hall–Kier alpha value is -2.04. The van der Waals surface area contributed by atoms with Crippen LogP contribution in [0.15, 0.2) is 30.3 Å². The van der Waals surface area contributed by atoms with E-state index in [1.807, 2.05) is 18.2 Å². The lowest BCUT2D eigenvalue weighted by Gasteiger charge is -2.38. The minimum atomic E-state index is -1.21. The molecule has 0 amide bonds. The van der Waals surface area contributed by atoms with Crippen molar-refractivity contribution in [1.82, 2.24) is 0 Å². The summed E-state index contributed by atoms with van der Waals surface area (Å²) < 4.78 is 5.56. The molecule has 1 aromatic carbocycles. The van der Waals surface area contributed by atoms with Gasteiger partial charge >= 0.3 is 11.9 Å². The molecule has 1 saturated carbocycles. The van der Waals surface area contributed by atoms with E-state index < -0.39 is 23.3 Å². The summed E-state index contributed by atoms with van der Waals surface area (Å²) in [6, 6.07) is 9.13. The lowest BCUT2D eigenvalue weighted by atomic mass is 9.64. The fourth-order valence-electron chi connectivity index (χ4n) is 3.13. The molecule has 2 N–H and O–H groups in total. The molecule has 0 aromatic heterocycles. The Bertz CT molecular complexity index is 499. The van der Waals surface area contributed by atoms with E-state index in [0.717, 1.165) is 12.8 Å². The summed E-state index contributed by atoms with van der Waals surface area (Å²) in [6.07, 6.45) is 2.56. The topological polar surface area (TPSA) is 83.8 Å². The summed E-state index contributed by atoms with van der Waals surface area (Å²) in [5.74, 6) is -2.20. The number of rotatable bonds is 6. The van der Waals surface area contributed by atoms with Crippen LogP contribution in [-0.4, -0.2) is 28.8 Å². The van der Waals surface area contributed by atoms with Gasteiger partial charge in [-0.05, 0) is 31.4 Å². The van der Waals surface area contributed by atoms with Crippen molar-refractivity contribution in [3.05, 3.63) is 30.3 Å². The first-order chi connectivity index (χ1) is 10.1. The number of hydrogen-bond donors (Lipinski definition) is 2. The highest BCUT2D eigenvalue weighted by Crippen LogP contribution is 2.44. The Balaban J connectivity index is 2.07. The smallest absolute Gasteiger partial charge is 0.310 e. The average molecular weight is 292 g/mol. The van der Waals surface area contributed by atoms with E-state index in [9.17, 15) is 19.8 Å². The molecule has 114 valence electrons. The van der Waals surface area contributed by atoms with Crippen LogP contribution in [0.25, 0.3) is 0 Å². The zero-order valence-electron chi connectivity index (χ0n) is 11.8. The van der Waals surface area contributed by atoms with Gasteiger partial charge in [0.05, 0.1) is 17.9 Å². The van der Waals surface area contributed by atoms with E-state index in [0.29, 0.717) is 18.6 Å². The number of benzene rings is 1. The molecule has 21 heavy (non-hydrogen) atoms. The second-order valence-corrected chi connectivity index (χ2v) is 5.51. The molecular formula is C16H20O5. The third-order valence-electron chi connectivity index (χ3n) is 4.32. The summed E-state index contributed by atoms with van der Waals surface area (Å²) in [6.45, 7) is 0.208. The second kappa shape index (κ2) is 6.61. The van der Waals surface area contributed by atoms with Crippen LogP contribution in [0.4, 0.5) is 0 Å². The molecule has 0 heterocycles. The predicted molar refractivity (Wildman–Crippen MR) is 76.2 cm³/mol. The molecule has 5 heteroatoms. The number of carbonyl (C=O) groups is 2. The molecule has 0 bridgehead atoms. The van der Waals surface area contributed by atoms with Crippen molar-refractivity contribution in [1.29, 1.82) is 0 Å². The Morgan fingerprint density at radius 1 is 1.19 bits per heavy atom. The highest BCUT2D eigenvalue weighted by molar-refractivity contribution is 5.83. The monoisotopic (exact) mass is 292 g/mol. The van der Waals surface area contributed by atoms with E-state index in [2.05, 4.69) is 0 Å². The van der Waals surface area contributed by atoms with Gasteiger partial charge in [0.2, 0.25) is 0 Å². The maximum atomic E-state index is 11.7. The maximum Gasteiger partial charge on any atom is 0.310 e. The zero-order valence-corrected chi connectivity index (χ0v) is 11.8. The normalized spacial score (nSPS) is 25.2. The van der Waals surface area contributed by atoms with Crippen molar-refractivity contribution in [3.8, 4) is 5.75 Å². The molecule has 5 nitrogen and oxygen atoms in total. The molecule has 2 unspecified atom stereocenters. The second-order valence-electron chi connectivity index (χ2n) is 5.51. The van der Waals surface area contributed by atoms with Crippen LogP contribution < -0.4 is 4.74 Å². The number of hydrogen-bond acceptors (Lipinski definition) is 3. The number of para-hydroxylation sites is 1. The van der Waals surface area contributed by atoms with E-state index in [1.165, 1.54) is 0 Å². The molecule has 0 radical (unpaired) electrons. The highest BCUT2D eigenvalue weighted by atomic mass is 16.5. The molecule has 0 spiro atoms. The van der Waals surface area contributed by atoms with Crippen molar-refractivity contribution >= 4 is 11.9 Å². The minimum absolute atomic E-state index is 0.208. The third-order valence-corrected chi connectivity index (χ3v) is 4.32. The van der Waals surface area contributed by atoms with Crippen LogP contribution in [0.3, 0.4) is 0 Å². The fraction of sp³-hybridized carbons (Fsp3) is 0.500. The van der Waals surface area contributed by atoms with Gasteiger partial charge < -0.3 is 14.9 Å². The molecule has 2 rings (SSSR count). The molecular weight excluding hydrogens is 272 g/mol. The summed E-state index contributed by atoms with van der Waals surface area (Å²) in [5, 5.41) is 18.9. The first-order valence-electron chi connectivity index (χ1n) is 7.20. The number of carboxylic acid groups (broad SMARTS) is 2. The Morgan fingerprint density at radius 3 is 2.52 bits per heavy atom. The number of ether oxygens (including phenoxy) is 1. The zero-order chi connectivity index (χ0) is 15.3. The quantitative estimate of drug-likeness (QED) is 0.842. The Labute approximate surface area is 123 Å². The highest BCUT2D eigenvalue weighted by Gasteiger charge is 2.50. The summed E-state index contributed by atoms with van der Waals surface area (Å²) in [7, 11) is 0. The predicted octanol–water partition coefficient (Wildman–Crippen LogP) is 2.80. The molecule has 0 aliphatic heterocycles. The number of aliphatic carboxylic acids is 2. The van der Waals surface area contributed by atoms with Gasteiger partial charge in [0, 0.05) is 0 Å². The van der Waals surface area contributed by atoms with Gasteiger partial charge in [0.25, 0.3) is 0 Å². The van der Waals surface area contributed by atoms with Gasteiger partial charge in [-0.2, -0.15) is 0 Å². The third kappa shape index (κ3) is 3.35. The average Bonchev–Trinajstić information content (AvgIpc) is 2.48. The molecule has 1 aliphatic rings. The van der Waals surface area contributed by atoms with Gasteiger partial charge in [0.1, 0.15) is 5.75 Å². The van der Waals surface area contributed by atoms with Crippen molar-refractivity contribution in [2.24, 2.45) is 11.3 Å². The summed E-state index contributed by atoms with van der Waals surface area (Å²) in [4.78, 5) is 23.1. The van der Waals surface area contributed by atoms with Crippen LogP contribution >= 0.6 is 0 Å². The molecule has 1 aromatic rings. The van der Waals surface area contributed by atoms with Gasteiger partial charge in [-0.25, -0.2) is 0 Å². The first kappa shape index (κ1) is 15.4. The van der Waals surface area contributed by atoms with E-state index >= 15 is 0 Å². The SMILES string of the molecule is O=C(O)C1CCCCC1(CCOc1ccccc1)C(=O)O. The first-order valence-corrected chi connectivity index (χ1v) is 7.20. The van der Waals surface area contributed by atoms with Crippen LogP contribution in [0, 0.1) is 11.3 Å². The van der Waals surface area contributed by atoms with E-state index in [1.54, 1.807) is 12.1 Å². The van der Waals surface area contributed by atoms with Crippen molar-refractivity contribution in [2.75, 3.05) is 6.61 Å². The van der Waals surface area contributed by atoms with Crippen LogP contribution in [0.5, 0.6) is 5.75 Å². The number of carboxylic acids is 2.